The van der Waals surface area contributed by atoms with Crippen LogP contribution in [0.25, 0.3) is 11.1 Å². The molecule has 0 radical (unpaired) electrons. The van der Waals surface area contributed by atoms with Gasteiger partial charge in [0.15, 0.2) is 0 Å². The molecule has 0 saturated carbocycles. The van der Waals surface area contributed by atoms with Gasteiger partial charge in [0, 0.05) is 31.8 Å². The summed E-state index contributed by atoms with van der Waals surface area (Å²) < 4.78 is 11.0. The highest BCUT2D eigenvalue weighted by molar-refractivity contribution is 6.01. The van der Waals surface area contributed by atoms with Gasteiger partial charge in [0.25, 0.3) is 0 Å². The van der Waals surface area contributed by atoms with Crippen molar-refractivity contribution in [2.24, 2.45) is 0 Å². The summed E-state index contributed by atoms with van der Waals surface area (Å²) in [6.07, 6.45) is 3.38. The number of ether oxygens (including phenoxy) is 2. The summed E-state index contributed by atoms with van der Waals surface area (Å²) in [6.45, 7) is 3.43. The monoisotopic (exact) mass is 255 g/mol. The fourth-order valence-corrected chi connectivity index (χ4v) is 2.16. The molecule has 2 heterocycles. The Morgan fingerprint density at radius 1 is 1.05 bits per heavy atom. The van der Waals surface area contributed by atoms with Gasteiger partial charge < -0.3 is 9.47 Å². The number of aromatic nitrogens is 1. The van der Waals surface area contributed by atoms with Crippen molar-refractivity contribution in [3.8, 4) is 16.9 Å². The molecule has 0 amide bonds. The maximum absolute atomic E-state index is 12.2. The van der Waals surface area contributed by atoms with E-state index in [4.69, 9.17) is 9.47 Å². The molecular formula is C15H13NO3. The third-order valence-electron chi connectivity index (χ3n) is 2.92. The van der Waals surface area contributed by atoms with E-state index in [1.807, 2.05) is 24.3 Å². The van der Waals surface area contributed by atoms with E-state index in [9.17, 15) is 4.79 Å². The van der Waals surface area contributed by atoms with Crippen LogP contribution in [0.1, 0.15) is 24.2 Å². The molecule has 4 heteroatoms. The van der Waals surface area contributed by atoms with E-state index in [1.54, 1.807) is 32.3 Å². The molecule has 3 rings (SSSR count). The molecule has 0 atom stereocenters. The number of nitrogens with zero attached hydrogens (tertiary/aromatic N) is 1. The second-order valence-electron chi connectivity index (χ2n) is 4.81. The summed E-state index contributed by atoms with van der Waals surface area (Å²) in [5.41, 5.74) is 2.17. The van der Waals surface area contributed by atoms with Gasteiger partial charge in [-0.25, -0.2) is 4.79 Å². The van der Waals surface area contributed by atoms with Crippen molar-refractivity contribution in [1.82, 2.24) is 4.98 Å². The third-order valence-corrected chi connectivity index (χ3v) is 2.92. The van der Waals surface area contributed by atoms with E-state index >= 15 is 0 Å². The number of carbonyl (C=O) groups is 1. The van der Waals surface area contributed by atoms with E-state index in [1.165, 1.54) is 0 Å². The number of pyridine rings is 1. The van der Waals surface area contributed by atoms with Crippen molar-refractivity contribution >= 4 is 5.97 Å². The minimum Gasteiger partial charge on any atom is -0.452 e. The molecule has 0 fully saturated rings. The Labute approximate surface area is 111 Å². The van der Waals surface area contributed by atoms with Gasteiger partial charge in [-0.1, -0.05) is 12.1 Å². The lowest BCUT2D eigenvalue weighted by Crippen LogP contribution is -2.39. The van der Waals surface area contributed by atoms with Crippen LogP contribution >= 0.6 is 0 Å². The first-order valence-corrected chi connectivity index (χ1v) is 6.03. The van der Waals surface area contributed by atoms with Crippen molar-refractivity contribution in [2.75, 3.05) is 0 Å². The number of hydrogen-bond donors (Lipinski definition) is 0. The maximum atomic E-state index is 12.2. The van der Waals surface area contributed by atoms with Crippen molar-refractivity contribution in [2.45, 2.75) is 19.6 Å². The molecule has 2 aromatic rings. The van der Waals surface area contributed by atoms with Gasteiger partial charge in [-0.3, -0.25) is 4.98 Å². The Bertz CT molecular complexity index is 635. The molecule has 96 valence electrons. The predicted octanol–water partition coefficient (Wildman–Crippen LogP) is 3.03. The zero-order valence-corrected chi connectivity index (χ0v) is 10.7. The highest BCUT2D eigenvalue weighted by Crippen LogP contribution is 2.37. The zero-order valence-electron chi connectivity index (χ0n) is 10.7. The van der Waals surface area contributed by atoms with E-state index in [0.717, 1.165) is 11.1 Å². The van der Waals surface area contributed by atoms with Crippen LogP contribution in [0.3, 0.4) is 0 Å². The van der Waals surface area contributed by atoms with Crippen molar-refractivity contribution in [3.63, 3.8) is 0 Å². The Morgan fingerprint density at radius 2 is 1.79 bits per heavy atom. The normalized spacial score (nSPS) is 16.2. The minimum absolute atomic E-state index is 0.362. The Hall–Kier alpha value is -2.36. The molecular weight excluding hydrogens is 242 g/mol. The van der Waals surface area contributed by atoms with Crippen LogP contribution < -0.4 is 4.74 Å². The third kappa shape index (κ3) is 2.05. The number of esters is 1. The van der Waals surface area contributed by atoms with Crippen LogP contribution in [0, 0.1) is 0 Å². The molecule has 1 aliphatic heterocycles. The fourth-order valence-electron chi connectivity index (χ4n) is 2.16. The average Bonchev–Trinajstić information content (AvgIpc) is 2.37. The van der Waals surface area contributed by atoms with Gasteiger partial charge in [-0.15, -0.1) is 0 Å². The minimum atomic E-state index is -0.930. The first kappa shape index (κ1) is 11.7. The van der Waals surface area contributed by atoms with E-state index in [0.29, 0.717) is 11.3 Å². The Morgan fingerprint density at radius 3 is 2.53 bits per heavy atom. The quantitative estimate of drug-likeness (QED) is 0.735. The van der Waals surface area contributed by atoms with Crippen molar-refractivity contribution in [1.29, 1.82) is 0 Å². The molecule has 0 aliphatic carbocycles. The highest BCUT2D eigenvalue weighted by Gasteiger charge is 2.35. The van der Waals surface area contributed by atoms with Crippen molar-refractivity contribution in [3.05, 3.63) is 48.3 Å². The van der Waals surface area contributed by atoms with Crippen LogP contribution in [0.4, 0.5) is 0 Å². The smallest absolute Gasteiger partial charge is 0.345 e. The zero-order chi connectivity index (χ0) is 13.5. The number of carbonyl (C=O) groups excluding carboxylic acids is 1. The summed E-state index contributed by atoms with van der Waals surface area (Å²) in [5, 5.41) is 0. The van der Waals surface area contributed by atoms with Crippen LogP contribution in [0.2, 0.25) is 0 Å². The first-order chi connectivity index (χ1) is 9.07. The Kier molecular flexibility index (Phi) is 2.52. The van der Waals surface area contributed by atoms with Crippen LogP contribution in [0.5, 0.6) is 5.75 Å². The second kappa shape index (κ2) is 4.09. The lowest BCUT2D eigenvalue weighted by molar-refractivity contribution is -0.127. The first-order valence-electron chi connectivity index (χ1n) is 6.03. The van der Waals surface area contributed by atoms with E-state index in [-0.39, 0.29) is 5.97 Å². The lowest BCUT2D eigenvalue weighted by atomic mass is 9.99. The fraction of sp³-hybridized carbons (Fsp3) is 0.200. The SMILES string of the molecule is CC1(C)OC(=O)c2c(cccc2-c2ccncc2)O1. The number of cyclic esters (lactones) is 1. The standard InChI is InChI=1S/C15H13NO3/c1-15(2)18-12-5-3-4-11(13(12)14(17)19-15)10-6-8-16-9-7-10/h3-9H,1-2H3. The molecule has 0 unspecified atom stereocenters. The maximum Gasteiger partial charge on any atom is 0.345 e. The van der Waals surface area contributed by atoms with E-state index < -0.39 is 5.79 Å². The summed E-state index contributed by atoms with van der Waals surface area (Å²) in [5.74, 6) is -0.741. The summed E-state index contributed by atoms with van der Waals surface area (Å²) in [4.78, 5) is 16.2. The molecule has 0 spiro atoms. The molecule has 1 aromatic heterocycles. The van der Waals surface area contributed by atoms with Crippen LogP contribution in [-0.4, -0.2) is 16.7 Å². The number of benzene rings is 1. The van der Waals surface area contributed by atoms with Gasteiger partial charge in [0.2, 0.25) is 5.79 Å². The molecule has 4 nitrogen and oxygen atoms in total. The Balaban J connectivity index is 2.18. The number of fused-ring (bicyclic) bond motifs is 1. The van der Waals surface area contributed by atoms with Gasteiger partial charge >= 0.3 is 5.97 Å². The van der Waals surface area contributed by atoms with Gasteiger partial charge in [0.05, 0.1) is 0 Å². The predicted molar refractivity (Wildman–Crippen MR) is 69.8 cm³/mol. The molecule has 0 N–H and O–H groups in total. The summed E-state index contributed by atoms with van der Waals surface area (Å²) in [7, 11) is 0. The lowest BCUT2D eigenvalue weighted by Gasteiger charge is -2.32. The molecule has 0 saturated heterocycles. The van der Waals surface area contributed by atoms with Crippen LogP contribution in [-0.2, 0) is 4.74 Å². The second-order valence-corrected chi connectivity index (χ2v) is 4.81. The van der Waals surface area contributed by atoms with E-state index in [2.05, 4.69) is 4.98 Å². The molecule has 1 aliphatic rings. The van der Waals surface area contributed by atoms with Gasteiger partial charge in [-0.05, 0) is 23.8 Å². The summed E-state index contributed by atoms with van der Waals surface area (Å²) >= 11 is 0. The number of hydrogen-bond acceptors (Lipinski definition) is 4. The average molecular weight is 255 g/mol. The number of rotatable bonds is 1. The van der Waals surface area contributed by atoms with Crippen molar-refractivity contribution < 1.29 is 14.3 Å². The highest BCUT2D eigenvalue weighted by atomic mass is 16.7. The largest absolute Gasteiger partial charge is 0.452 e. The van der Waals surface area contributed by atoms with Crippen LogP contribution in [0.15, 0.2) is 42.7 Å². The molecule has 1 aromatic carbocycles. The van der Waals surface area contributed by atoms with Gasteiger partial charge in [0.1, 0.15) is 11.3 Å². The van der Waals surface area contributed by atoms with Gasteiger partial charge in [-0.2, -0.15) is 0 Å². The summed E-state index contributed by atoms with van der Waals surface area (Å²) in [6, 6.07) is 9.22. The molecule has 19 heavy (non-hydrogen) atoms. The molecule has 0 bridgehead atoms. The topological polar surface area (TPSA) is 48.4 Å².